The van der Waals surface area contributed by atoms with Gasteiger partial charge in [0, 0.05) is 40.3 Å². The zero-order valence-electron chi connectivity index (χ0n) is 15.8. The maximum absolute atomic E-state index is 5.38. The number of unbranched alkanes of at least 4 members (excludes halogenated alkanes) is 1. The van der Waals surface area contributed by atoms with E-state index in [0.29, 0.717) is 0 Å². The van der Waals surface area contributed by atoms with Crippen LogP contribution in [-0.2, 0) is 11.3 Å². The van der Waals surface area contributed by atoms with Gasteiger partial charge in [-0.15, -0.1) is 24.0 Å². The molecular formula is C19H33IN4O. The molecule has 1 aliphatic heterocycles. The SMILES string of the molecule is CN=C(NCCCCN1CCOCC1)N(C)Cc1ccc(C)cc1.I. The molecule has 1 fully saturated rings. The summed E-state index contributed by atoms with van der Waals surface area (Å²) in [5.74, 6) is 0.960. The summed E-state index contributed by atoms with van der Waals surface area (Å²) in [7, 11) is 3.94. The van der Waals surface area contributed by atoms with Crippen molar-refractivity contribution in [1.29, 1.82) is 0 Å². The van der Waals surface area contributed by atoms with Crippen molar-refractivity contribution >= 4 is 29.9 Å². The van der Waals surface area contributed by atoms with E-state index in [2.05, 4.69) is 58.3 Å². The third kappa shape index (κ3) is 8.37. The molecule has 0 aliphatic carbocycles. The van der Waals surface area contributed by atoms with Gasteiger partial charge in [-0.05, 0) is 31.9 Å². The number of aryl methyl sites for hydroxylation is 1. The number of halogens is 1. The molecule has 2 rings (SSSR count). The largest absolute Gasteiger partial charge is 0.379 e. The van der Waals surface area contributed by atoms with Crippen LogP contribution in [0.5, 0.6) is 0 Å². The van der Waals surface area contributed by atoms with Gasteiger partial charge in [0.15, 0.2) is 5.96 Å². The molecule has 0 bridgehead atoms. The third-order valence-corrected chi connectivity index (χ3v) is 4.40. The molecule has 25 heavy (non-hydrogen) atoms. The molecule has 0 saturated carbocycles. The second-order valence-electron chi connectivity index (χ2n) is 6.48. The molecule has 1 heterocycles. The van der Waals surface area contributed by atoms with Crippen LogP contribution in [0.2, 0.25) is 0 Å². The molecule has 1 saturated heterocycles. The van der Waals surface area contributed by atoms with Gasteiger partial charge in [-0.3, -0.25) is 9.89 Å². The van der Waals surface area contributed by atoms with Crippen LogP contribution in [0.15, 0.2) is 29.3 Å². The molecule has 0 amide bonds. The zero-order chi connectivity index (χ0) is 17.2. The molecular weight excluding hydrogens is 427 g/mol. The third-order valence-electron chi connectivity index (χ3n) is 4.40. The van der Waals surface area contributed by atoms with E-state index in [4.69, 9.17) is 4.74 Å². The standard InChI is InChI=1S/C19H32N4O.HI/c1-17-6-8-18(9-7-17)16-22(3)19(20-2)21-10-4-5-11-23-12-14-24-15-13-23;/h6-9H,4-5,10-16H2,1-3H3,(H,20,21);1H. The van der Waals surface area contributed by atoms with Gasteiger partial charge in [0.25, 0.3) is 0 Å². The average Bonchev–Trinajstić information content (AvgIpc) is 2.61. The summed E-state index contributed by atoms with van der Waals surface area (Å²) in [5.41, 5.74) is 2.60. The highest BCUT2D eigenvalue weighted by atomic mass is 127. The summed E-state index contributed by atoms with van der Waals surface area (Å²) >= 11 is 0. The molecule has 1 aliphatic rings. The fraction of sp³-hybridized carbons (Fsp3) is 0.632. The summed E-state index contributed by atoms with van der Waals surface area (Å²) in [4.78, 5) is 9.05. The maximum atomic E-state index is 5.38. The van der Waals surface area contributed by atoms with Crippen molar-refractivity contribution in [3.05, 3.63) is 35.4 Å². The summed E-state index contributed by atoms with van der Waals surface area (Å²) in [6, 6.07) is 8.68. The van der Waals surface area contributed by atoms with E-state index in [1.165, 1.54) is 24.1 Å². The maximum Gasteiger partial charge on any atom is 0.193 e. The Balaban J connectivity index is 0.00000312. The Morgan fingerprint density at radius 2 is 1.88 bits per heavy atom. The Bertz CT molecular complexity index is 501. The lowest BCUT2D eigenvalue weighted by Crippen LogP contribution is -2.39. The molecule has 0 atom stereocenters. The fourth-order valence-corrected chi connectivity index (χ4v) is 2.91. The first-order valence-electron chi connectivity index (χ1n) is 8.96. The van der Waals surface area contributed by atoms with Crippen LogP contribution in [0.4, 0.5) is 0 Å². The predicted molar refractivity (Wildman–Crippen MR) is 116 cm³/mol. The number of hydrogen-bond acceptors (Lipinski definition) is 3. The Hall–Kier alpha value is -0.860. The minimum atomic E-state index is 0. The Labute approximate surface area is 169 Å². The lowest BCUT2D eigenvalue weighted by Gasteiger charge is -2.26. The summed E-state index contributed by atoms with van der Waals surface area (Å²) in [6.07, 6.45) is 2.38. The highest BCUT2D eigenvalue weighted by molar-refractivity contribution is 14.0. The average molecular weight is 460 g/mol. The summed E-state index contributed by atoms with van der Waals surface area (Å²) in [5, 5.41) is 3.47. The molecule has 142 valence electrons. The van der Waals surface area contributed by atoms with Crippen LogP contribution in [0.1, 0.15) is 24.0 Å². The van der Waals surface area contributed by atoms with Crippen LogP contribution in [0.25, 0.3) is 0 Å². The van der Waals surface area contributed by atoms with E-state index in [9.17, 15) is 0 Å². The number of hydrogen-bond donors (Lipinski definition) is 1. The van der Waals surface area contributed by atoms with Gasteiger partial charge < -0.3 is 15.0 Å². The number of nitrogens with one attached hydrogen (secondary N) is 1. The Kier molecular flexibility index (Phi) is 11.1. The van der Waals surface area contributed by atoms with Crippen LogP contribution in [-0.4, -0.2) is 69.2 Å². The van der Waals surface area contributed by atoms with Crippen LogP contribution in [0.3, 0.4) is 0 Å². The van der Waals surface area contributed by atoms with E-state index >= 15 is 0 Å². The van der Waals surface area contributed by atoms with Crippen LogP contribution in [0, 0.1) is 6.92 Å². The zero-order valence-corrected chi connectivity index (χ0v) is 18.2. The van der Waals surface area contributed by atoms with Gasteiger partial charge in [-0.2, -0.15) is 0 Å². The quantitative estimate of drug-likeness (QED) is 0.294. The van der Waals surface area contributed by atoms with Crippen molar-refractivity contribution in [2.45, 2.75) is 26.3 Å². The van der Waals surface area contributed by atoms with Gasteiger partial charge in [0.2, 0.25) is 0 Å². The summed E-state index contributed by atoms with van der Waals surface area (Å²) in [6.45, 7) is 9.04. The van der Waals surface area contributed by atoms with Gasteiger partial charge in [-0.25, -0.2) is 0 Å². The second kappa shape index (κ2) is 12.5. The van der Waals surface area contributed by atoms with Gasteiger partial charge in [0.1, 0.15) is 0 Å². The first kappa shape index (κ1) is 22.2. The number of benzene rings is 1. The van der Waals surface area contributed by atoms with E-state index in [0.717, 1.165) is 51.8 Å². The fourth-order valence-electron chi connectivity index (χ4n) is 2.91. The Morgan fingerprint density at radius 1 is 1.20 bits per heavy atom. The van der Waals surface area contributed by atoms with Crippen molar-refractivity contribution in [1.82, 2.24) is 15.1 Å². The molecule has 5 nitrogen and oxygen atoms in total. The number of ether oxygens (including phenoxy) is 1. The predicted octanol–water partition coefficient (Wildman–Crippen LogP) is 2.73. The molecule has 0 aromatic heterocycles. The van der Waals surface area contributed by atoms with Crippen molar-refractivity contribution in [3.63, 3.8) is 0 Å². The van der Waals surface area contributed by atoms with E-state index < -0.39 is 0 Å². The molecule has 0 radical (unpaired) electrons. The first-order chi connectivity index (χ1) is 11.7. The monoisotopic (exact) mass is 460 g/mol. The molecule has 6 heteroatoms. The van der Waals surface area contributed by atoms with E-state index in [1.807, 2.05) is 7.05 Å². The minimum absolute atomic E-state index is 0. The van der Waals surface area contributed by atoms with E-state index in [-0.39, 0.29) is 24.0 Å². The normalized spacial score (nSPS) is 15.6. The van der Waals surface area contributed by atoms with Crippen molar-refractivity contribution in [2.24, 2.45) is 4.99 Å². The lowest BCUT2D eigenvalue weighted by atomic mass is 10.1. The molecule has 1 aromatic carbocycles. The molecule has 1 aromatic rings. The van der Waals surface area contributed by atoms with E-state index in [1.54, 1.807) is 0 Å². The molecule has 0 spiro atoms. The van der Waals surface area contributed by atoms with Gasteiger partial charge >= 0.3 is 0 Å². The van der Waals surface area contributed by atoms with Crippen molar-refractivity contribution < 1.29 is 4.74 Å². The smallest absolute Gasteiger partial charge is 0.193 e. The van der Waals surface area contributed by atoms with Gasteiger partial charge in [0.05, 0.1) is 13.2 Å². The van der Waals surface area contributed by atoms with Crippen molar-refractivity contribution in [2.75, 3.05) is 53.5 Å². The lowest BCUT2D eigenvalue weighted by molar-refractivity contribution is 0.0372. The summed E-state index contributed by atoms with van der Waals surface area (Å²) < 4.78 is 5.38. The first-order valence-corrected chi connectivity index (χ1v) is 8.96. The highest BCUT2D eigenvalue weighted by Gasteiger charge is 2.09. The van der Waals surface area contributed by atoms with Gasteiger partial charge in [-0.1, -0.05) is 29.8 Å². The highest BCUT2D eigenvalue weighted by Crippen LogP contribution is 2.06. The molecule has 0 unspecified atom stereocenters. The number of aliphatic imine (C=N–C) groups is 1. The topological polar surface area (TPSA) is 40.1 Å². The van der Waals surface area contributed by atoms with Crippen LogP contribution < -0.4 is 5.32 Å². The number of rotatable bonds is 7. The number of nitrogens with zero attached hydrogens (tertiary/aromatic N) is 3. The number of guanidine groups is 1. The second-order valence-corrected chi connectivity index (χ2v) is 6.48. The number of morpholine rings is 1. The van der Waals surface area contributed by atoms with Crippen molar-refractivity contribution in [3.8, 4) is 0 Å². The molecule has 1 N–H and O–H groups in total. The Morgan fingerprint density at radius 3 is 2.52 bits per heavy atom. The van der Waals surface area contributed by atoms with Crippen LogP contribution >= 0.6 is 24.0 Å². The minimum Gasteiger partial charge on any atom is -0.379 e.